The Morgan fingerprint density at radius 2 is 2.08 bits per heavy atom. The number of aliphatic hydroxyl groups excluding tert-OH is 1. The van der Waals surface area contributed by atoms with E-state index >= 15 is 0 Å². The van der Waals surface area contributed by atoms with Gasteiger partial charge in [-0.25, -0.2) is 9.67 Å². The Morgan fingerprint density at radius 3 is 2.84 bits per heavy atom. The number of nitrogens with zero attached hydrogens (tertiary/aromatic N) is 4. The molecule has 1 aliphatic carbocycles. The lowest BCUT2D eigenvalue weighted by molar-refractivity contribution is -0.0387. The first-order valence-electron chi connectivity index (χ1n) is 8.78. The van der Waals surface area contributed by atoms with Gasteiger partial charge in [-0.3, -0.25) is 4.79 Å². The summed E-state index contributed by atoms with van der Waals surface area (Å²) >= 11 is 0. The molecule has 0 bridgehead atoms. The van der Waals surface area contributed by atoms with E-state index in [-0.39, 0.29) is 29.8 Å². The molecule has 2 aromatic rings. The van der Waals surface area contributed by atoms with Crippen molar-refractivity contribution >= 4 is 5.91 Å². The van der Waals surface area contributed by atoms with E-state index in [1.807, 2.05) is 30.3 Å². The Labute approximate surface area is 146 Å². The number of carbonyl (C=O) groups excluding carboxylic acids is 1. The second-order valence-corrected chi connectivity index (χ2v) is 6.65. The number of hydrogen-bond acceptors (Lipinski definition) is 5. The van der Waals surface area contributed by atoms with Crippen molar-refractivity contribution in [2.75, 3.05) is 19.8 Å². The molecule has 132 valence electrons. The predicted molar refractivity (Wildman–Crippen MR) is 90.4 cm³/mol. The maximum Gasteiger partial charge on any atom is 0.293 e. The number of benzene rings is 1. The Hall–Kier alpha value is -2.25. The van der Waals surface area contributed by atoms with Crippen molar-refractivity contribution < 1.29 is 14.6 Å². The van der Waals surface area contributed by atoms with E-state index in [2.05, 4.69) is 10.1 Å². The molecule has 2 heterocycles. The van der Waals surface area contributed by atoms with Crippen molar-refractivity contribution in [3.63, 3.8) is 0 Å². The van der Waals surface area contributed by atoms with Crippen molar-refractivity contribution in [1.29, 1.82) is 0 Å². The van der Waals surface area contributed by atoms with E-state index in [0.29, 0.717) is 19.8 Å². The summed E-state index contributed by atoms with van der Waals surface area (Å²) in [6, 6.07) is 9.47. The van der Waals surface area contributed by atoms with Crippen LogP contribution in [0.3, 0.4) is 0 Å². The summed E-state index contributed by atoms with van der Waals surface area (Å²) in [6.07, 6.45) is 3.90. The zero-order chi connectivity index (χ0) is 17.2. The van der Waals surface area contributed by atoms with Gasteiger partial charge in [0.2, 0.25) is 5.82 Å². The third kappa shape index (κ3) is 3.17. The molecule has 25 heavy (non-hydrogen) atoms. The number of aromatic nitrogens is 3. The lowest BCUT2D eigenvalue weighted by Crippen LogP contribution is -2.53. The molecule has 1 saturated carbocycles. The van der Waals surface area contributed by atoms with Gasteiger partial charge in [-0.2, -0.15) is 0 Å². The number of ether oxygens (including phenoxy) is 1. The third-order valence-corrected chi connectivity index (χ3v) is 5.16. The van der Waals surface area contributed by atoms with Crippen LogP contribution in [0.4, 0.5) is 0 Å². The molecule has 1 aliphatic heterocycles. The van der Waals surface area contributed by atoms with Gasteiger partial charge in [-0.05, 0) is 25.0 Å². The van der Waals surface area contributed by atoms with Gasteiger partial charge in [-0.15, -0.1) is 5.10 Å². The number of rotatable bonds is 3. The number of aliphatic hydroxyl groups is 1. The van der Waals surface area contributed by atoms with Crippen molar-refractivity contribution in [3.8, 4) is 5.69 Å². The molecular formula is C18H22N4O3. The van der Waals surface area contributed by atoms with Crippen LogP contribution < -0.4 is 0 Å². The van der Waals surface area contributed by atoms with Gasteiger partial charge in [0.25, 0.3) is 5.91 Å². The molecule has 2 aliphatic rings. The molecule has 4 rings (SSSR count). The fourth-order valence-corrected chi connectivity index (χ4v) is 3.84. The maximum atomic E-state index is 13.0. The summed E-state index contributed by atoms with van der Waals surface area (Å²) in [4.78, 5) is 19.0. The second-order valence-electron chi connectivity index (χ2n) is 6.65. The van der Waals surface area contributed by atoms with Gasteiger partial charge in [0.15, 0.2) is 0 Å². The highest BCUT2D eigenvalue weighted by Gasteiger charge is 2.40. The minimum Gasteiger partial charge on any atom is -0.393 e. The summed E-state index contributed by atoms with van der Waals surface area (Å²) in [5.41, 5.74) is 0.860. The highest BCUT2D eigenvalue weighted by atomic mass is 16.5. The number of carbonyl (C=O) groups is 1. The fourth-order valence-electron chi connectivity index (χ4n) is 3.84. The molecule has 3 atom stereocenters. The quantitative estimate of drug-likeness (QED) is 0.908. The average molecular weight is 342 g/mol. The zero-order valence-electron chi connectivity index (χ0n) is 14.0. The van der Waals surface area contributed by atoms with Crippen LogP contribution in [-0.2, 0) is 4.74 Å². The molecule has 1 N–H and O–H groups in total. The van der Waals surface area contributed by atoms with E-state index in [4.69, 9.17) is 4.74 Å². The highest BCUT2D eigenvalue weighted by molar-refractivity contribution is 5.90. The summed E-state index contributed by atoms with van der Waals surface area (Å²) in [7, 11) is 0. The van der Waals surface area contributed by atoms with Crippen LogP contribution in [0.15, 0.2) is 36.7 Å². The van der Waals surface area contributed by atoms with Crippen LogP contribution in [-0.4, -0.2) is 62.6 Å². The lowest BCUT2D eigenvalue weighted by Gasteiger charge is -2.39. The van der Waals surface area contributed by atoms with Crippen LogP contribution in [0.5, 0.6) is 0 Å². The van der Waals surface area contributed by atoms with Gasteiger partial charge in [-0.1, -0.05) is 24.6 Å². The van der Waals surface area contributed by atoms with Crippen molar-refractivity contribution in [1.82, 2.24) is 19.7 Å². The molecule has 1 amide bonds. The topological polar surface area (TPSA) is 80.5 Å². The van der Waals surface area contributed by atoms with Crippen LogP contribution in [0.2, 0.25) is 0 Å². The van der Waals surface area contributed by atoms with Gasteiger partial charge in [0.05, 0.1) is 31.0 Å². The molecule has 7 heteroatoms. The van der Waals surface area contributed by atoms with Gasteiger partial charge in [0, 0.05) is 12.5 Å². The van der Waals surface area contributed by atoms with Gasteiger partial charge >= 0.3 is 0 Å². The zero-order valence-corrected chi connectivity index (χ0v) is 14.0. The van der Waals surface area contributed by atoms with Crippen LogP contribution >= 0.6 is 0 Å². The van der Waals surface area contributed by atoms with Crippen LogP contribution in [0.1, 0.15) is 29.9 Å². The standard InChI is InChI=1S/C18H22N4O3/c23-16-8-4-7-14(16)15-11-25-10-9-21(15)18(24)17-19-12-22(20-17)13-5-2-1-3-6-13/h1-3,5-6,12,14-16,23H,4,7-11H2. The van der Waals surface area contributed by atoms with E-state index in [1.165, 1.54) is 0 Å². The Morgan fingerprint density at radius 1 is 1.24 bits per heavy atom. The molecule has 1 saturated heterocycles. The maximum absolute atomic E-state index is 13.0. The Kier molecular flexibility index (Phi) is 4.50. The van der Waals surface area contributed by atoms with Crippen molar-refractivity contribution in [2.45, 2.75) is 31.4 Å². The first kappa shape index (κ1) is 16.2. The number of para-hydroxylation sites is 1. The number of hydrogen-bond donors (Lipinski definition) is 1. The molecule has 1 aromatic heterocycles. The molecule has 1 aromatic carbocycles. The number of morpholine rings is 1. The van der Waals surface area contributed by atoms with Crippen molar-refractivity contribution in [3.05, 3.63) is 42.5 Å². The van der Waals surface area contributed by atoms with Crippen molar-refractivity contribution in [2.24, 2.45) is 5.92 Å². The smallest absolute Gasteiger partial charge is 0.293 e. The van der Waals surface area contributed by atoms with E-state index in [0.717, 1.165) is 24.9 Å². The van der Waals surface area contributed by atoms with E-state index < -0.39 is 0 Å². The number of amides is 1. The molecular weight excluding hydrogens is 320 g/mol. The monoisotopic (exact) mass is 342 g/mol. The normalized spacial score (nSPS) is 26.8. The SMILES string of the molecule is O=C(c1ncn(-c2ccccc2)n1)N1CCOCC1C1CCCC1O. The first-order valence-corrected chi connectivity index (χ1v) is 8.78. The highest BCUT2D eigenvalue weighted by Crippen LogP contribution is 2.32. The fraction of sp³-hybridized carbons (Fsp3) is 0.500. The van der Waals surface area contributed by atoms with Crippen LogP contribution in [0, 0.1) is 5.92 Å². The minimum atomic E-state index is -0.364. The third-order valence-electron chi connectivity index (χ3n) is 5.16. The van der Waals surface area contributed by atoms with E-state index in [9.17, 15) is 9.90 Å². The Bertz CT molecular complexity index is 733. The summed E-state index contributed by atoms with van der Waals surface area (Å²) in [5, 5.41) is 14.6. The molecule has 0 spiro atoms. The lowest BCUT2D eigenvalue weighted by atomic mass is 9.94. The van der Waals surface area contributed by atoms with Crippen LogP contribution in [0.25, 0.3) is 5.69 Å². The molecule has 7 nitrogen and oxygen atoms in total. The van der Waals surface area contributed by atoms with Gasteiger partial charge in [0.1, 0.15) is 6.33 Å². The first-order chi connectivity index (χ1) is 12.2. The summed E-state index contributed by atoms with van der Waals surface area (Å²) in [6.45, 7) is 1.48. The minimum absolute atomic E-state index is 0.0699. The Balaban J connectivity index is 1.55. The summed E-state index contributed by atoms with van der Waals surface area (Å²) < 4.78 is 7.19. The van der Waals surface area contributed by atoms with E-state index in [1.54, 1.807) is 15.9 Å². The molecule has 2 fully saturated rings. The second kappa shape index (κ2) is 6.93. The van der Waals surface area contributed by atoms with Gasteiger partial charge < -0.3 is 14.7 Å². The predicted octanol–water partition coefficient (Wildman–Crippen LogP) is 1.27. The molecule has 0 radical (unpaired) electrons. The molecule has 3 unspecified atom stereocenters. The largest absolute Gasteiger partial charge is 0.393 e. The summed E-state index contributed by atoms with van der Waals surface area (Å²) in [5.74, 6) is 0.0609. The average Bonchev–Trinajstić information content (AvgIpc) is 3.31.